The number of aldehydes is 1. The minimum Gasteiger partial charge on any atom is -0.324 e. The number of hydrogen-bond acceptors (Lipinski definition) is 4. The molecule has 1 heterocycles. The molecule has 0 unspecified atom stereocenters. The maximum absolute atomic E-state index is 11.9. The molecule has 6 nitrogen and oxygen atoms in total. The number of aryl methyl sites for hydroxylation is 2. The second-order valence-electron chi connectivity index (χ2n) is 4.33. The molecule has 0 fully saturated rings. The van der Waals surface area contributed by atoms with Crippen LogP contribution in [0.1, 0.15) is 21.6 Å². The van der Waals surface area contributed by atoms with Crippen molar-refractivity contribution >= 4 is 17.9 Å². The Bertz CT molecular complexity index is 619. The van der Waals surface area contributed by atoms with E-state index >= 15 is 0 Å². The summed E-state index contributed by atoms with van der Waals surface area (Å²) < 4.78 is 1.32. The Balaban J connectivity index is 2.04. The molecule has 2 aromatic rings. The zero-order valence-corrected chi connectivity index (χ0v) is 10.8. The molecule has 0 aliphatic rings. The van der Waals surface area contributed by atoms with Gasteiger partial charge in [0.25, 0.3) is 0 Å². The number of carbonyl (C=O) groups is 2. The molecule has 0 atom stereocenters. The van der Waals surface area contributed by atoms with Crippen molar-refractivity contribution in [3.63, 3.8) is 0 Å². The summed E-state index contributed by atoms with van der Waals surface area (Å²) in [5.74, 6) is -0.212. The Morgan fingerprint density at radius 3 is 2.89 bits per heavy atom. The predicted octanol–water partition coefficient (Wildman–Crippen LogP) is 1.35. The third kappa shape index (κ3) is 3.25. The minimum atomic E-state index is -0.212. The van der Waals surface area contributed by atoms with Crippen LogP contribution < -0.4 is 5.32 Å². The number of rotatable bonds is 4. The number of aromatic nitrogens is 3. The lowest BCUT2D eigenvalue weighted by Gasteiger charge is -2.09. The Morgan fingerprint density at radius 1 is 1.42 bits per heavy atom. The first-order valence-electron chi connectivity index (χ1n) is 5.81. The zero-order chi connectivity index (χ0) is 13.8. The summed E-state index contributed by atoms with van der Waals surface area (Å²) in [7, 11) is 0. The van der Waals surface area contributed by atoms with Gasteiger partial charge >= 0.3 is 0 Å². The van der Waals surface area contributed by atoms with Crippen LogP contribution in [0, 0.1) is 13.8 Å². The SMILES string of the molecule is Cc1ccc(C)c(NC(=O)Cn2cc(C=O)nn2)c1. The van der Waals surface area contributed by atoms with Gasteiger partial charge in [-0.2, -0.15) is 0 Å². The van der Waals surface area contributed by atoms with Crippen LogP contribution in [0.4, 0.5) is 5.69 Å². The highest BCUT2D eigenvalue weighted by Crippen LogP contribution is 2.16. The molecule has 0 bridgehead atoms. The lowest BCUT2D eigenvalue weighted by Crippen LogP contribution is -2.19. The zero-order valence-electron chi connectivity index (χ0n) is 10.8. The van der Waals surface area contributed by atoms with E-state index in [4.69, 9.17) is 0 Å². The average molecular weight is 258 g/mol. The molecule has 2 rings (SSSR count). The van der Waals surface area contributed by atoms with E-state index in [1.807, 2.05) is 32.0 Å². The largest absolute Gasteiger partial charge is 0.324 e. The lowest BCUT2D eigenvalue weighted by molar-refractivity contribution is -0.116. The van der Waals surface area contributed by atoms with Gasteiger partial charge in [-0.3, -0.25) is 9.59 Å². The van der Waals surface area contributed by atoms with Crippen molar-refractivity contribution in [1.82, 2.24) is 15.0 Å². The highest BCUT2D eigenvalue weighted by molar-refractivity contribution is 5.91. The Labute approximate surface area is 110 Å². The van der Waals surface area contributed by atoms with Crippen LogP contribution in [0.2, 0.25) is 0 Å². The van der Waals surface area contributed by atoms with Crippen LogP contribution in [0.25, 0.3) is 0 Å². The van der Waals surface area contributed by atoms with E-state index in [0.29, 0.717) is 6.29 Å². The van der Waals surface area contributed by atoms with Crippen LogP contribution in [0.3, 0.4) is 0 Å². The van der Waals surface area contributed by atoms with Gasteiger partial charge in [-0.05, 0) is 31.0 Å². The number of anilines is 1. The molecule has 1 N–H and O–H groups in total. The predicted molar refractivity (Wildman–Crippen MR) is 70.0 cm³/mol. The maximum atomic E-state index is 11.9. The third-order valence-electron chi connectivity index (χ3n) is 2.65. The molecule has 0 saturated heterocycles. The quantitative estimate of drug-likeness (QED) is 0.840. The van der Waals surface area contributed by atoms with Crippen LogP contribution in [0.15, 0.2) is 24.4 Å². The summed E-state index contributed by atoms with van der Waals surface area (Å²) in [5, 5.41) is 10.1. The molecule has 1 aromatic heterocycles. The molecule has 19 heavy (non-hydrogen) atoms. The van der Waals surface area contributed by atoms with Crippen LogP contribution in [-0.4, -0.2) is 27.2 Å². The summed E-state index contributed by atoms with van der Waals surface area (Å²) in [6.07, 6.45) is 2.02. The van der Waals surface area contributed by atoms with Crippen molar-refractivity contribution in [3.8, 4) is 0 Å². The number of benzene rings is 1. The van der Waals surface area contributed by atoms with Gasteiger partial charge in [-0.15, -0.1) is 5.10 Å². The van der Waals surface area contributed by atoms with Gasteiger partial charge in [-0.25, -0.2) is 4.68 Å². The maximum Gasteiger partial charge on any atom is 0.246 e. The summed E-state index contributed by atoms with van der Waals surface area (Å²) in [5.41, 5.74) is 3.05. The fourth-order valence-electron chi connectivity index (χ4n) is 1.65. The highest BCUT2D eigenvalue weighted by Gasteiger charge is 2.07. The van der Waals surface area contributed by atoms with E-state index in [1.165, 1.54) is 10.9 Å². The first-order valence-corrected chi connectivity index (χ1v) is 5.81. The second-order valence-corrected chi connectivity index (χ2v) is 4.33. The molecular formula is C13H14N4O2. The minimum absolute atomic E-state index is 0.0220. The van der Waals surface area contributed by atoms with E-state index in [-0.39, 0.29) is 18.1 Å². The number of nitrogens with one attached hydrogen (secondary N) is 1. The van der Waals surface area contributed by atoms with E-state index in [2.05, 4.69) is 15.6 Å². The first kappa shape index (κ1) is 12.9. The lowest BCUT2D eigenvalue weighted by atomic mass is 10.1. The van der Waals surface area contributed by atoms with Gasteiger partial charge in [0.1, 0.15) is 12.2 Å². The van der Waals surface area contributed by atoms with E-state index in [1.54, 1.807) is 0 Å². The second kappa shape index (κ2) is 5.43. The van der Waals surface area contributed by atoms with Crippen molar-refractivity contribution in [2.45, 2.75) is 20.4 Å². The van der Waals surface area contributed by atoms with Gasteiger partial charge in [0.05, 0.1) is 6.20 Å². The van der Waals surface area contributed by atoms with E-state index in [9.17, 15) is 9.59 Å². The van der Waals surface area contributed by atoms with Crippen molar-refractivity contribution in [1.29, 1.82) is 0 Å². The molecule has 0 aliphatic carbocycles. The summed E-state index contributed by atoms with van der Waals surface area (Å²) in [6.45, 7) is 3.91. The fraction of sp³-hybridized carbons (Fsp3) is 0.231. The molecule has 0 radical (unpaired) electrons. The van der Waals surface area contributed by atoms with Gasteiger partial charge in [0.2, 0.25) is 5.91 Å². The Kier molecular flexibility index (Phi) is 3.70. The van der Waals surface area contributed by atoms with Crippen LogP contribution in [0.5, 0.6) is 0 Å². The highest BCUT2D eigenvalue weighted by atomic mass is 16.2. The fourth-order valence-corrected chi connectivity index (χ4v) is 1.65. The average Bonchev–Trinajstić information content (AvgIpc) is 2.81. The van der Waals surface area contributed by atoms with Crippen molar-refractivity contribution < 1.29 is 9.59 Å². The first-order chi connectivity index (χ1) is 9.08. The van der Waals surface area contributed by atoms with E-state index < -0.39 is 0 Å². The number of carbonyl (C=O) groups excluding carboxylic acids is 2. The van der Waals surface area contributed by atoms with Gasteiger partial charge < -0.3 is 5.32 Å². The molecular weight excluding hydrogens is 244 g/mol. The molecule has 0 aliphatic heterocycles. The standard InChI is InChI=1S/C13H14N4O2/c1-9-3-4-10(2)12(5-9)14-13(19)7-17-6-11(8-18)15-16-17/h3-6,8H,7H2,1-2H3,(H,14,19). The van der Waals surface area contributed by atoms with Gasteiger partial charge in [0, 0.05) is 5.69 Å². The molecule has 0 saturated carbocycles. The molecule has 0 spiro atoms. The van der Waals surface area contributed by atoms with Gasteiger partial charge in [-0.1, -0.05) is 17.3 Å². The Morgan fingerprint density at radius 2 is 2.21 bits per heavy atom. The number of hydrogen-bond donors (Lipinski definition) is 1. The van der Waals surface area contributed by atoms with Crippen LogP contribution >= 0.6 is 0 Å². The van der Waals surface area contributed by atoms with Crippen molar-refractivity contribution in [2.24, 2.45) is 0 Å². The smallest absolute Gasteiger partial charge is 0.246 e. The van der Waals surface area contributed by atoms with E-state index in [0.717, 1.165) is 16.8 Å². The van der Waals surface area contributed by atoms with Crippen molar-refractivity contribution in [2.75, 3.05) is 5.32 Å². The Hall–Kier alpha value is -2.50. The number of nitrogens with zero attached hydrogens (tertiary/aromatic N) is 3. The summed E-state index contributed by atoms with van der Waals surface area (Å²) in [4.78, 5) is 22.3. The summed E-state index contributed by atoms with van der Waals surface area (Å²) >= 11 is 0. The monoisotopic (exact) mass is 258 g/mol. The third-order valence-corrected chi connectivity index (χ3v) is 2.65. The molecule has 98 valence electrons. The molecule has 1 amide bonds. The summed E-state index contributed by atoms with van der Waals surface area (Å²) in [6, 6.07) is 5.84. The normalized spacial score (nSPS) is 10.2. The van der Waals surface area contributed by atoms with Gasteiger partial charge in [0.15, 0.2) is 6.29 Å². The molecule has 6 heteroatoms. The van der Waals surface area contributed by atoms with Crippen molar-refractivity contribution in [3.05, 3.63) is 41.2 Å². The number of amides is 1. The molecule has 1 aromatic carbocycles. The topological polar surface area (TPSA) is 76.9 Å². The van der Waals surface area contributed by atoms with Crippen LogP contribution in [-0.2, 0) is 11.3 Å².